The monoisotopic (exact) mass is 257 g/mol. The van der Waals surface area contributed by atoms with E-state index in [1.54, 1.807) is 0 Å². The van der Waals surface area contributed by atoms with E-state index in [9.17, 15) is 22.8 Å². The molecule has 0 aliphatic heterocycles. The highest BCUT2D eigenvalue weighted by molar-refractivity contribution is 5.93. The van der Waals surface area contributed by atoms with Gasteiger partial charge >= 0.3 is 12.1 Å². The number of carbonyl (C=O) groups excluding carboxylic acids is 1. The standard InChI is InChI=1S/C11H6F3NO3/c12-11(13,14)8-5-6(2-4-9(15)16)1-3-7(8)10(17)18/h1,3,5H,(H2,15,16)(H,17,18). The van der Waals surface area contributed by atoms with Gasteiger partial charge < -0.3 is 10.8 Å². The average molecular weight is 257 g/mol. The number of aromatic carboxylic acids is 1. The predicted molar refractivity (Wildman–Crippen MR) is 54.5 cm³/mol. The topological polar surface area (TPSA) is 80.4 Å². The molecule has 3 N–H and O–H groups in total. The maximum atomic E-state index is 12.6. The Labute approximate surface area is 99.2 Å². The summed E-state index contributed by atoms with van der Waals surface area (Å²) >= 11 is 0. The molecule has 4 nitrogen and oxygen atoms in total. The molecule has 0 saturated heterocycles. The van der Waals surface area contributed by atoms with E-state index in [0.29, 0.717) is 6.07 Å². The number of carboxylic acids is 1. The van der Waals surface area contributed by atoms with Crippen LogP contribution >= 0.6 is 0 Å². The van der Waals surface area contributed by atoms with Crippen molar-refractivity contribution in [2.75, 3.05) is 0 Å². The van der Waals surface area contributed by atoms with Gasteiger partial charge in [-0.05, 0) is 24.1 Å². The molecule has 1 aromatic carbocycles. The van der Waals surface area contributed by atoms with Crippen LogP contribution in [0.1, 0.15) is 21.5 Å². The zero-order valence-corrected chi connectivity index (χ0v) is 8.71. The summed E-state index contributed by atoms with van der Waals surface area (Å²) in [5.41, 5.74) is 2.36. The quantitative estimate of drug-likeness (QED) is 0.743. The number of amides is 1. The van der Waals surface area contributed by atoms with Crippen LogP contribution in [0.4, 0.5) is 13.2 Å². The Hall–Kier alpha value is -2.49. The van der Waals surface area contributed by atoms with Crippen LogP contribution in [-0.2, 0) is 11.0 Å². The fourth-order valence-corrected chi connectivity index (χ4v) is 1.18. The molecule has 1 amide bonds. The van der Waals surface area contributed by atoms with Crippen molar-refractivity contribution >= 4 is 11.9 Å². The van der Waals surface area contributed by atoms with Gasteiger partial charge in [-0.1, -0.05) is 5.92 Å². The molecule has 0 atom stereocenters. The number of primary amides is 1. The molecular weight excluding hydrogens is 251 g/mol. The minimum absolute atomic E-state index is 0.147. The van der Waals surface area contributed by atoms with Crippen molar-refractivity contribution in [3.05, 3.63) is 34.9 Å². The summed E-state index contributed by atoms with van der Waals surface area (Å²) in [6, 6.07) is 2.39. The molecule has 0 aliphatic carbocycles. The lowest BCUT2D eigenvalue weighted by Gasteiger charge is -2.10. The van der Waals surface area contributed by atoms with Gasteiger partial charge in [0.15, 0.2) is 0 Å². The number of benzene rings is 1. The maximum Gasteiger partial charge on any atom is 0.417 e. The van der Waals surface area contributed by atoms with E-state index in [4.69, 9.17) is 10.8 Å². The summed E-state index contributed by atoms with van der Waals surface area (Å²) in [5, 5.41) is 8.63. The zero-order chi connectivity index (χ0) is 13.9. The second-order valence-electron chi connectivity index (χ2n) is 3.18. The largest absolute Gasteiger partial charge is 0.478 e. The van der Waals surface area contributed by atoms with E-state index in [-0.39, 0.29) is 5.56 Å². The van der Waals surface area contributed by atoms with Crippen molar-refractivity contribution in [1.82, 2.24) is 0 Å². The minimum Gasteiger partial charge on any atom is -0.478 e. The van der Waals surface area contributed by atoms with Gasteiger partial charge in [0.25, 0.3) is 5.91 Å². The summed E-state index contributed by atoms with van der Waals surface area (Å²) in [5.74, 6) is 1.28. The molecule has 0 fully saturated rings. The van der Waals surface area contributed by atoms with Crippen LogP contribution in [0.25, 0.3) is 0 Å². The number of halogens is 3. The number of rotatable bonds is 1. The van der Waals surface area contributed by atoms with Crippen LogP contribution in [0.3, 0.4) is 0 Å². The number of nitrogens with two attached hydrogens (primary N) is 1. The molecule has 1 rings (SSSR count). The smallest absolute Gasteiger partial charge is 0.417 e. The van der Waals surface area contributed by atoms with Crippen molar-refractivity contribution < 1.29 is 27.9 Å². The Kier molecular flexibility index (Phi) is 3.61. The third-order valence-corrected chi connectivity index (χ3v) is 1.89. The summed E-state index contributed by atoms with van der Waals surface area (Å²) in [6.45, 7) is 0. The fraction of sp³-hybridized carbons (Fsp3) is 0.0909. The van der Waals surface area contributed by atoms with Crippen molar-refractivity contribution in [3.63, 3.8) is 0 Å². The SMILES string of the molecule is NC(=O)C#Cc1ccc(C(=O)O)c(C(F)(F)F)c1. The number of hydrogen-bond donors (Lipinski definition) is 2. The molecular formula is C11H6F3NO3. The molecule has 7 heteroatoms. The lowest BCUT2D eigenvalue weighted by molar-refractivity contribution is -0.138. The second-order valence-corrected chi connectivity index (χ2v) is 3.18. The molecule has 0 bridgehead atoms. The van der Waals surface area contributed by atoms with Crippen LogP contribution in [-0.4, -0.2) is 17.0 Å². The van der Waals surface area contributed by atoms with E-state index in [1.165, 1.54) is 0 Å². The van der Waals surface area contributed by atoms with Gasteiger partial charge in [0, 0.05) is 5.56 Å². The minimum atomic E-state index is -4.82. The van der Waals surface area contributed by atoms with E-state index >= 15 is 0 Å². The van der Waals surface area contributed by atoms with Crippen LogP contribution in [0, 0.1) is 11.8 Å². The van der Waals surface area contributed by atoms with E-state index < -0.39 is 29.2 Å². The lowest BCUT2D eigenvalue weighted by Crippen LogP contribution is -2.13. The highest BCUT2D eigenvalue weighted by Crippen LogP contribution is 2.32. The molecule has 0 aliphatic rings. The molecule has 0 spiro atoms. The first-order valence-electron chi connectivity index (χ1n) is 4.48. The summed E-state index contributed by atoms with van der Waals surface area (Å²) in [7, 11) is 0. The van der Waals surface area contributed by atoms with Crippen molar-refractivity contribution in [3.8, 4) is 11.8 Å². The fourth-order valence-electron chi connectivity index (χ4n) is 1.18. The van der Waals surface area contributed by atoms with E-state index in [1.807, 2.05) is 5.92 Å². The zero-order valence-electron chi connectivity index (χ0n) is 8.71. The summed E-state index contributed by atoms with van der Waals surface area (Å²) in [6.07, 6.45) is -4.82. The first kappa shape index (κ1) is 13.6. The second kappa shape index (κ2) is 4.79. The Bertz CT molecular complexity index is 567. The summed E-state index contributed by atoms with van der Waals surface area (Å²) < 4.78 is 37.8. The van der Waals surface area contributed by atoms with Crippen molar-refractivity contribution in [1.29, 1.82) is 0 Å². The Morgan fingerprint density at radius 3 is 2.33 bits per heavy atom. The summed E-state index contributed by atoms with van der Waals surface area (Å²) in [4.78, 5) is 21.0. The Morgan fingerprint density at radius 2 is 1.89 bits per heavy atom. The van der Waals surface area contributed by atoms with Gasteiger partial charge in [0.2, 0.25) is 0 Å². The molecule has 18 heavy (non-hydrogen) atoms. The number of alkyl halides is 3. The maximum absolute atomic E-state index is 12.6. The lowest BCUT2D eigenvalue weighted by atomic mass is 10.0. The predicted octanol–water partition coefficient (Wildman–Crippen LogP) is 1.24. The van der Waals surface area contributed by atoms with Gasteiger partial charge in [-0.2, -0.15) is 13.2 Å². The van der Waals surface area contributed by atoms with Crippen molar-refractivity contribution in [2.24, 2.45) is 5.73 Å². The number of carboxylic acid groups (broad SMARTS) is 1. The molecule has 0 heterocycles. The molecule has 0 unspecified atom stereocenters. The molecule has 0 radical (unpaired) electrons. The van der Waals surface area contributed by atoms with Crippen molar-refractivity contribution in [2.45, 2.75) is 6.18 Å². The molecule has 0 saturated carbocycles. The Balaban J connectivity index is 3.37. The third-order valence-electron chi connectivity index (χ3n) is 1.89. The highest BCUT2D eigenvalue weighted by Gasteiger charge is 2.35. The first-order chi connectivity index (χ1) is 8.21. The first-order valence-corrected chi connectivity index (χ1v) is 4.48. The van der Waals surface area contributed by atoms with E-state index in [0.717, 1.165) is 12.1 Å². The highest BCUT2D eigenvalue weighted by atomic mass is 19.4. The normalized spacial score (nSPS) is 10.4. The van der Waals surface area contributed by atoms with Gasteiger partial charge in [-0.15, -0.1) is 0 Å². The Morgan fingerprint density at radius 1 is 1.28 bits per heavy atom. The number of carbonyl (C=O) groups is 2. The van der Waals surface area contributed by atoms with Crippen LogP contribution in [0.2, 0.25) is 0 Å². The van der Waals surface area contributed by atoms with Gasteiger partial charge in [-0.3, -0.25) is 4.79 Å². The number of hydrogen-bond acceptors (Lipinski definition) is 2. The van der Waals surface area contributed by atoms with Gasteiger partial charge in [0.05, 0.1) is 11.1 Å². The van der Waals surface area contributed by atoms with Gasteiger partial charge in [-0.25, -0.2) is 4.79 Å². The van der Waals surface area contributed by atoms with Crippen LogP contribution in [0.15, 0.2) is 18.2 Å². The van der Waals surface area contributed by atoms with Gasteiger partial charge in [0.1, 0.15) is 0 Å². The van der Waals surface area contributed by atoms with Crippen LogP contribution < -0.4 is 5.73 Å². The van der Waals surface area contributed by atoms with E-state index in [2.05, 4.69) is 5.92 Å². The third kappa shape index (κ3) is 3.25. The average Bonchev–Trinajstić information content (AvgIpc) is 2.24. The molecule has 1 aromatic rings. The van der Waals surface area contributed by atoms with Crippen LogP contribution in [0.5, 0.6) is 0 Å². The molecule has 0 aromatic heterocycles. The molecule has 94 valence electrons.